The monoisotopic (exact) mass is 269 g/mol. The molecule has 1 aromatic carbocycles. The summed E-state index contributed by atoms with van der Waals surface area (Å²) in [5.74, 6) is 0. The second-order valence-electron chi connectivity index (χ2n) is 2.58. The fourth-order valence-electron chi connectivity index (χ4n) is 0.871. The zero-order valence-corrected chi connectivity index (χ0v) is 10.2. The van der Waals surface area contributed by atoms with Crippen LogP contribution in [-0.4, -0.2) is 10.7 Å². The first-order valence-electron chi connectivity index (χ1n) is 3.97. The Bertz CT molecular complexity index is 323. The Kier molecular flexibility index (Phi) is 4.76. The summed E-state index contributed by atoms with van der Waals surface area (Å²) in [7, 11) is 0. The van der Waals surface area contributed by atoms with E-state index in [0.717, 1.165) is 5.56 Å². The van der Waals surface area contributed by atoms with Crippen LogP contribution in [0.3, 0.4) is 0 Å². The first-order chi connectivity index (χ1) is 6.68. The average molecular weight is 269 g/mol. The second-order valence-corrected chi connectivity index (χ2v) is 5.66. The predicted octanol–water partition coefficient (Wildman–Crippen LogP) is 2.08. The van der Waals surface area contributed by atoms with Crippen molar-refractivity contribution in [3.05, 3.63) is 35.9 Å². The second kappa shape index (κ2) is 5.88. The van der Waals surface area contributed by atoms with Gasteiger partial charge in [0.15, 0.2) is 0 Å². The number of carbonyl (C=O) groups is 2. The van der Waals surface area contributed by atoms with Crippen molar-refractivity contribution < 1.29 is 48.6 Å². The van der Waals surface area contributed by atoms with Crippen LogP contribution in [0.1, 0.15) is 5.56 Å². The van der Waals surface area contributed by atoms with E-state index in [1.165, 1.54) is 0 Å². The molecule has 0 unspecified atom stereocenters. The number of hydrogen-bond donors (Lipinski definition) is 1. The van der Waals surface area contributed by atoms with Crippen molar-refractivity contribution in [2.45, 2.75) is 6.61 Å². The van der Waals surface area contributed by atoms with Crippen molar-refractivity contribution in [3.63, 3.8) is 0 Å². The molecular weight excluding hydrogens is 261 g/mol. The first kappa shape index (κ1) is 11.3. The van der Waals surface area contributed by atoms with Gasteiger partial charge in [0, 0.05) is 0 Å². The van der Waals surface area contributed by atoms with Gasteiger partial charge in [0.25, 0.3) is 0 Å². The molecule has 0 amide bonds. The number of benzene rings is 1. The fourth-order valence-corrected chi connectivity index (χ4v) is 1.78. The van der Waals surface area contributed by atoms with E-state index in [0.29, 0.717) is 0 Å². The molecule has 4 nitrogen and oxygen atoms in total. The van der Waals surface area contributed by atoms with Crippen LogP contribution in [0.25, 0.3) is 0 Å². The van der Waals surface area contributed by atoms with Crippen molar-refractivity contribution in [1.82, 2.24) is 0 Å². The Morgan fingerprint density at radius 1 is 1.29 bits per heavy atom. The first-order valence-corrected chi connectivity index (χ1v) is 6.80. The average Bonchev–Trinajstić information content (AvgIpc) is 2.15. The van der Waals surface area contributed by atoms with E-state index >= 15 is 0 Å². The Morgan fingerprint density at radius 3 is 2.50 bits per heavy atom. The van der Waals surface area contributed by atoms with Crippen LogP contribution in [-0.2, 0) is 40.5 Å². The number of hydrogen-bond acceptors (Lipinski definition) is 3. The normalized spacial score (nSPS) is 8.86. The summed E-state index contributed by atoms with van der Waals surface area (Å²) in [5.41, 5.74) is 0.870. The summed E-state index contributed by atoms with van der Waals surface area (Å²) in [4.78, 5) is 21.1. The van der Waals surface area contributed by atoms with Crippen LogP contribution < -0.4 is 0 Å². The molecule has 0 fully saturated rings. The van der Waals surface area contributed by atoms with E-state index in [-0.39, 0.29) is 6.61 Å². The summed E-state index contributed by atoms with van der Waals surface area (Å²) in [6.07, 6.45) is 0. The third kappa shape index (κ3) is 4.49. The van der Waals surface area contributed by atoms with Crippen LogP contribution in [0.15, 0.2) is 30.3 Å². The molecule has 1 N–H and O–H groups in total. The molecule has 71 valence electrons. The van der Waals surface area contributed by atoms with Gasteiger partial charge in [-0.15, -0.1) is 0 Å². The summed E-state index contributed by atoms with van der Waals surface area (Å²) >= 11 is -2.23. The van der Waals surface area contributed by atoms with Crippen LogP contribution in [0.2, 0.25) is 0 Å². The molecule has 0 spiro atoms. The molecule has 0 heterocycles. The third-order valence-corrected chi connectivity index (χ3v) is 3.06. The third-order valence-electron chi connectivity index (χ3n) is 1.47. The molecular formula is C9H8O4Y. The van der Waals surface area contributed by atoms with E-state index in [4.69, 9.17) is 9.84 Å². The van der Waals surface area contributed by atoms with Crippen LogP contribution in [0.4, 0.5) is 9.59 Å². The molecule has 5 heteroatoms. The van der Waals surface area contributed by atoms with Crippen molar-refractivity contribution >= 4 is 5.56 Å². The summed E-state index contributed by atoms with van der Waals surface area (Å²) < 4.78 is 3.28. The van der Waals surface area contributed by atoms with E-state index in [1.54, 1.807) is 0 Å². The van der Waals surface area contributed by atoms with Crippen LogP contribution in [0, 0.1) is 0 Å². The summed E-state index contributed by atoms with van der Waals surface area (Å²) in [5, 5.41) is 8.36. The summed E-state index contributed by atoms with van der Waals surface area (Å²) in [6.45, 7) is 0.166. The Balaban J connectivity index is 2.34. The van der Waals surface area contributed by atoms with Crippen molar-refractivity contribution in [2.75, 3.05) is 0 Å². The Labute approximate surface area is 96.3 Å². The fraction of sp³-hybridized carbons (Fsp3) is 0.111. The number of rotatable bonds is 4. The van der Waals surface area contributed by atoms with Gasteiger partial charge in [0.2, 0.25) is 0 Å². The number of carbonyl (C=O) groups excluding carboxylic acids is 1. The van der Waals surface area contributed by atoms with Crippen molar-refractivity contribution in [2.24, 2.45) is 0 Å². The van der Waals surface area contributed by atoms with Gasteiger partial charge in [-0.1, -0.05) is 0 Å². The van der Waals surface area contributed by atoms with Crippen LogP contribution >= 0.6 is 0 Å². The molecule has 0 aliphatic carbocycles. The summed E-state index contributed by atoms with van der Waals surface area (Å²) in [6, 6.07) is 9.17. The van der Waals surface area contributed by atoms with Gasteiger partial charge >= 0.3 is 96.7 Å². The van der Waals surface area contributed by atoms with Gasteiger partial charge < -0.3 is 0 Å². The predicted molar refractivity (Wildman–Crippen MR) is 44.7 cm³/mol. The molecule has 0 aliphatic heterocycles. The SMILES string of the molecule is O=[C](O)[Y][C](=O)OCc1ccccc1. The molecule has 1 rings (SSSR count). The minimum absolute atomic E-state index is 0.166. The standard InChI is InChI=1S/C8H7O2.CHO2.Y/c9-7-10-6-8-4-2-1-3-5-8;2-1-3;/h1-5H,6H2;(H,2,3);. The number of carboxylic acid groups (broad SMARTS) is 1. The maximum atomic E-state index is 10.9. The quantitative estimate of drug-likeness (QED) is 0.908. The van der Waals surface area contributed by atoms with Gasteiger partial charge in [0.05, 0.1) is 0 Å². The zero-order chi connectivity index (χ0) is 10.4. The molecule has 0 saturated heterocycles. The molecule has 14 heavy (non-hydrogen) atoms. The molecule has 1 aromatic rings. The van der Waals surface area contributed by atoms with E-state index in [2.05, 4.69) is 0 Å². The maximum absolute atomic E-state index is 10.9. The molecule has 0 saturated carbocycles. The van der Waals surface area contributed by atoms with E-state index in [1.807, 2.05) is 30.3 Å². The molecule has 0 aromatic heterocycles. The molecule has 0 bridgehead atoms. The van der Waals surface area contributed by atoms with E-state index < -0.39 is 34.8 Å². The molecule has 0 aliphatic rings. The topological polar surface area (TPSA) is 63.6 Å². The van der Waals surface area contributed by atoms with Crippen molar-refractivity contribution in [1.29, 1.82) is 0 Å². The van der Waals surface area contributed by atoms with Crippen molar-refractivity contribution in [3.8, 4) is 0 Å². The van der Waals surface area contributed by atoms with Gasteiger partial charge in [0.1, 0.15) is 0 Å². The van der Waals surface area contributed by atoms with Gasteiger partial charge in [-0.05, 0) is 0 Å². The number of ether oxygens (including phenoxy) is 1. The molecule has 0 atom stereocenters. The van der Waals surface area contributed by atoms with E-state index in [9.17, 15) is 9.59 Å². The van der Waals surface area contributed by atoms with Gasteiger partial charge in [-0.3, -0.25) is 0 Å². The van der Waals surface area contributed by atoms with Gasteiger partial charge in [-0.25, -0.2) is 0 Å². The Morgan fingerprint density at radius 2 is 1.93 bits per heavy atom. The minimum atomic E-state index is -2.23. The Hall–Kier alpha value is -0.736. The van der Waals surface area contributed by atoms with Gasteiger partial charge in [-0.2, -0.15) is 0 Å². The molecule has 0 radical (unpaired) electrons. The van der Waals surface area contributed by atoms with Crippen LogP contribution in [0.5, 0.6) is 0 Å². The zero-order valence-electron chi connectivity index (χ0n) is 7.34.